The molecule has 0 radical (unpaired) electrons. The summed E-state index contributed by atoms with van der Waals surface area (Å²) in [7, 11) is 0. The van der Waals surface area contributed by atoms with Crippen LogP contribution in [0, 0.1) is 0 Å². The molecular weight excluding hydrogens is 224 g/mol. The normalized spacial score (nSPS) is 22.3. The molecular formula is C15H12N2O. The van der Waals surface area contributed by atoms with Crippen molar-refractivity contribution in [2.75, 3.05) is 0 Å². The molecule has 0 saturated carbocycles. The van der Waals surface area contributed by atoms with Crippen LogP contribution in [0.4, 0.5) is 0 Å². The third-order valence-corrected chi connectivity index (χ3v) is 3.98. The molecule has 0 bridgehead atoms. The molecule has 1 aromatic rings. The van der Waals surface area contributed by atoms with Gasteiger partial charge in [-0.15, -0.1) is 0 Å². The topological polar surface area (TPSA) is 32.7 Å². The zero-order valence-electron chi connectivity index (χ0n) is 9.84. The minimum Gasteiger partial charge on any atom is -0.316 e. The lowest BCUT2D eigenvalue weighted by atomic mass is 9.92. The molecule has 0 unspecified atom stereocenters. The average Bonchev–Trinajstić information content (AvgIpc) is 2.99. The van der Waals surface area contributed by atoms with Gasteiger partial charge in [-0.3, -0.25) is 4.79 Å². The van der Waals surface area contributed by atoms with Gasteiger partial charge in [-0.2, -0.15) is 4.99 Å². The van der Waals surface area contributed by atoms with Gasteiger partial charge in [-0.25, -0.2) is 0 Å². The molecule has 0 saturated heterocycles. The van der Waals surface area contributed by atoms with Gasteiger partial charge in [0.25, 0.3) is 5.91 Å². The first-order chi connectivity index (χ1) is 8.81. The Morgan fingerprint density at radius 1 is 1.17 bits per heavy atom. The van der Waals surface area contributed by atoms with Crippen LogP contribution in [-0.2, 0) is 4.79 Å². The molecule has 0 N–H and O–H groups in total. The van der Waals surface area contributed by atoms with Crippen molar-refractivity contribution in [3.8, 4) is 0 Å². The maximum Gasteiger partial charge on any atom is 0.274 e. The van der Waals surface area contributed by atoms with Crippen molar-refractivity contribution in [3.05, 3.63) is 53.7 Å². The molecule has 3 aliphatic rings. The van der Waals surface area contributed by atoms with E-state index in [9.17, 15) is 4.79 Å². The highest BCUT2D eigenvalue weighted by Gasteiger charge is 2.50. The molecule has 3 heteroatoms. The Balaban J connectivity index is 1.89. The fourth-order valence-electron chi connectivity index (χ4n) is 2.98. The van der Waals surface area contributed by atoms with Crippen molar-refractivity contribution in [1.82, 2.24) is 4.90 Å². The predicted molar refractivity (Wildman–Crippen MR) is 70.0 cm³/mol. The number of hydrogen-bond donors (Lipinski definition) is 0. The molecule has 88 valence electrons. The minimum absolute atomic E-state index is 0.0103. The van der Waals surface area contributed by atoms with Crippen LogP contribution in [-0.4, -0.2) is 22.2 Å². The number of aliphatic imine (C=N–C) groups is 1. The number of hydrogen-bond acceptors (Lipinski definition) is 2. The number of nitrogens with zero attached hydrogens (tertiary/aromatic N) is 2. The highest BCUT2D eigenvalue weighted by Crippen LogP contribution is 2.40. The van der Waals surface area contributed by atoms with Gasteiger partial charge in [-0.05, 0) is 24.5 Å². The number of rotatable bonds is 0. The van der Waals surface area contributed by atoms with Gasteiger partial charge < -0.3 is 4.90 Å². The predicted octanol–water partition coefficient (Wildman–Crippen LogP) is 2.35. The lowest BCUT2D eigenvalue weighted by Gasteiger charge is -2.34. The van der Waals surface area contributed by atoms with Crippen molar-refractivity contribution < 1.29 is 4.79 Å². The van der Waals surface area contributed by atoms with E-state index in [1.165, 1.54) is 0 Å². The summed E-state index contributed by atoms with van der Waals surface area (Å²) in [6.07, 6.45) is 9.72. The molecule has 1 aromatic carbocycles. The summed E-state index contributed by atoms with van der Waals surface area (Å²) in [5, 5.41) is 0. The highest BCUT2D eigenvalue weighted by molar-refractivity contribution is 6.16. The lowest BCUT2D eigenvalue weighted by Crippen LogP contribution is -2.47. The first-order valence-electron chi connectivity index (χ1n) is 6.16. The molecule has 0 fully saturated rings. The van der Waals surface area contributed by atoms with Crippen molar-refractivity contribution in [2.45, 2.75) is 18.4 Å². The molecule has 0 aromatic heterocycles. The molecule has 2 heterocycles. The first-order valence-corrected chi connectivity index (χ1v) is 6.16. The van der Waals surface area contributed by atoms with E-state index in [0.717, 1.165) is 29.8 Å². The van der Waals surface area contributed by atoms with Crippen LogP contribution >= 0.6 is 0 Å². The second-order valence-electron chi connectivity index (χ2n) is 4.92. The van der Waals surface area contributed by atoms with E-state index in [1.807, 2.05) is 30.5 Å². The van der Waals surface area contributed by atoms with Gasteiger partial charge in [0.2, 0.25) is 0 Å². The van der Waals surface area contributed by atoms with Gasteiger partial charge in [0.15, 0.2) is 0 Å². The van der Waals surface area contributed by atoms with Gasteiger partial charge >= 0.3 is 0 Å². The summed E-state index contributed by atoms with van der Waals surface area (Å²) < 4.78 is 0. The second-order valence-corrected chi connectivity index (χ2v) is 4.92. The van der Waals surface area contributed by atoms with E-state index in [1.54, 1.807) is 0 Å². The van der Waals surface area contributed by atoms with E-state index in [2.05, 4.69) is 28.1 Å². The van der Waals surface area contributed by atoms with Crippen LogP contribution in [0.15, 0.2) is 47.6 Å². The van der Waals surface area contributed by atoms with Crippen molar-refractivity contribution >= 4 is 17.8 Å². The summed E-state index contributed by atoms with van der Waals surface area (Å²) in [5.41, 5.74) is 1.71. The van der Waals surface area contributed by atoms with E-state index < -0.39 is 5.54 Å². The van der Waals surface area contributed by atoms with Crippen LogP contribution < -0.4 is 0 Å². The van der Waals surface area contributed by atoms with Gasteiger partial charge in [0.05, 0.1) is 0 Å². The number of carbonyl (C=O) groups is 1. The fraction of sp³-hybridized carbons (Fsp3) is 0.200. The SMILES string of the molecule is O=C1N=C2c3ccccc3C=CN2C12CC=CC2. The number of fused-ring (bicyclic) bond motifs is 4. The average molecular weight is 236 g/mol. The van der Waals surface area contributed by atoms with Crippen LogP contribution in [0.5, 0.6) is 0 Å². The molecule has 0 atom stereocenters. The van der Waals surface area contributed by atoms with E-state index in [0.29, 0.717) is 0 Å². The zero-order valence-corrected chi connectivity index (χ0v) is 9.84. The Labute approximate surface area is 105 Å². The zero-order chi connectivity index (χ0) is 12.2. The second kappa shape index (κ2) is 3.19. The smallest absolute Gasteiger partial charge is 0.274 e. The number of amides is 1. The van der Waals surface area contributed by atoms with Crippen LogP contribution in [0.25, 0.3) is 6.08 Å². The Bertz CT molecular complexity index is 632. The van der Waals surface area contributed by atoms with E-state index in [-0.39, 0.29) is 5.91 Å². The standard InChI is InChI=1S/C15H12N2O/c18-14-15(8-3-4-9-15)17-10-7-11-5-1-2-6-12(11)13(17)16-14/h1-7,10H,8-9H2. The van der Waals surface area contributed by atoms with E-state index in [4.69, 9.17) is 0 Å². The molecule has 4 rings (SSSR count). The summed E-state index contributed by atoms with van der Waals surface area (Å²) in [6.45, 7) is 0. The molecule has 2 aliphatic heterocycles. The van der Waals surface area contributed by atoms with Crippen molar-refractivity contribution in [2.24, 2.45) is 4.99 Å². The Hall–Kier alpha value is -2.16. The molecule has 1 aliphatic carbocycles. The monoisotopic (exact) mass is 236 g/mol. The Morgan fingerprint density at radius 3 is 2.78 bits per heavy atom. The number of benzene rings is 1. The molecule has 3 nitrogen and oxygen atoms in total. The Kier molecular flexibility index (Phi) is 1.74. The first kappa shape index (κ1) is 9.83. The number of amidine groups is 1. The quantitative estimate of drug-likeness (QED) is 0.648. The summed E-state index contributed by atoms with van der Waals surface area (Å²) in [6, 6.07) is 8.07. The molecule has 18 heavy (non-hydrogen) atoms. The van der Waals surface area contributed by atoms with Gasteiger partial charge in [-0.1, -0.05) is 36.4 Å². The maximum atomic E-state index is 12.3. The summed E-state index contributed by atoms with van der Waals surface area (Å²) in [4.78, 5) is 18.6. The third kappa shape index (κ3) is 1.04. The Morgan fingerprint density at radius 2 is 1.94 bits per heavy atom. The number of carbonyl (C=O) groups excluding carboxylic acids is 1. The van der Waals surface area contributed by atoms with Crippen LogP contribution in [0.1, 0.15) is 24.0 Å². The highest BCUT2D eigenvalue weighted by atomic mass is 16.2. The van der Waals surface area contributed by atoms with Gasteiger partial charge in [0.1, 0.15) is 11.4 Å². The van der Waals surface area contributed by atoms with Gasteiger partial charge in [0, 0.05) is 11.8 Å². The largest absolute Gasteiger partial charge is 0.316 e. The van der Waals surface area contributed by atoms with Crippen LogP contribution in [0.3, 0.4) is 0 Å². The third-order valence-electron chi connectivity index (χ3n) is 3.98. The van der Waals surface area contributed by atoms with E-state index >= 15 is 0 Å². The van der Waals surface area contributed by atoms with Crippen molar-refractivity contribution in [1.29, 1.82) is 0 Å². The maximum absolute atomic E-state index is 12.3. The minimum atomic E-state index is -0.473. The molecule has 1 spiro atoms. The molecule has 1 amide bonds. The summed E-state index contributed by atoms with van der Waals surface area (Å²) >= 11 is 0. The van der Waals surface area contributed by atoms with Crippen LogP contribution in [0.2, 0.25) is 0 Å². The lowest BCUT2D eigenvalue weighted by molar-refractivity contribution is -0.124. The fourth-order valence-corrected chi connectivity index (χ4v) is 2.98. The van der Waals surface area contributed by atoms with Crippen molar-refractivity contribution in [3.63, 3.8) is 0 Å². The summed E-state index contributed by atoms with van der Waals surface area (Å²) in [5.74, 6) is 0.797.